The summed E-state index contributed by atoms with van der Waals surface area (Å²) in [6.45, 7) is 8.14. The number of carbonyl (C=O) groups is 2. The fraction of sp³-hybridized carbons (Fsp3) is 0.622. The molecule has 0 bridgehead atoms. The van der Waals surface area contributed by atoms with Crippen molar-refractivity contribution in [2.24, 2.45) is 17.8 Å². The van der Waals surface area contributed by atoms with E-state index in [4.69, 9.17) is 23.2 Å². The summed E-state index contributed by atoms with van der Waals surface area (Å²) in [5.41, 5.74) is 1.96. The van der Waals surface area contributed by atoms with Crippen molar-refractivity contribution in [3.05, 3.63) is 68.7 Å². The Balaban J connectivity index is 1.49. The van der Waals surface area contributed by atoms with Crippen molar-refractivity contribution in [2.45, 2.75) is 116 Å². The van der Waals surface area contributed by atoms with E-state index in [1.807, 2.05) is 6.07 Å². The highest BCUT2D eigenvalue weighted by Gasteiger charge is 2.38. The molecule has 4 rings (SSSR count). The van der Waals surface area contributed by atoms with E-state index < -0.39 is 17.8 Å². The monoisotopic (exact) mass is 680 g/mol. The van der Waals surface area contributed by atoms with Crippen molar-refractivity contribution >= 4 is 34.9 Å². The molecule has 2 aromatic rings. The minimum Gasteiger partial charge on any atom is -0.332 e. The average molecular weight is 682 g/mol. The molecule has 5 atom stereocenters. The summed E-state index contributed by atoms with van der Waals surface area (Å²) in [5, 5.41) is 4.43. The zero-order valence-corrected chi connectivity index (χ0v) is 28.9. The molecular weight excluding hydrogens is 632 g/mol. The molecule has 1 saturated heterocycles. The van der Waals surface area contributed by atoms with Crippen molar-refractivity contribution in [3.8, 4) is 0 Å². The number of nitrogens with one attached hydrogen (secondary N) is 1. The third-order valence-electron chi connectivity index (χ3n) is 10.2. The summed E-state index contributed by atoms with van der Waals surface area (Å²) in [6, 6.07) is 9.00. The summed E-state index contributed by atoms with van der Waals surface area (Å²) in [6.07, 6.45) is 4.13. The topological polar surface area (TPSA) is 49.4 Å². The normalized spacial score (nSPS) is 22.9. The van der Waals surface area contributed by atoms with Crippen LogP contribution in [0.4, 0.5) is 13.2 Å². The van der Waals surface area contributed by atoms with Crippen molar-refractivity contribution in [1.82, 2.24) is 10.2 Å². The van der Waals surface area contributed by atoms with Crippen LogP contribution in [0, 0.1) is 17.8 Å². The number of benzene rings is 2. The first-order chi connectivity index (χ1) is 21.9. The second-order valence-corrected chi connectivity index (χ2v) is 14.4. The first-order valence-corrected chi connectivity index (χ1v) is 17.8. The highest BCUT2D eigenvalue weighted by atomic mass is 35.5. The van der Waals surface area contributed by atoms with Crippen LogP contribution < -0.4 is 5.32 Å². The number of Topliss-reactive ketones (excluding diaryl/α,β-unsaturated/α-hetero) is 1. The molecule has 1 N–H and O–H groups in total. The van der Waals surface area contributed by atoms with Gasteiger partial charge in [0.15, 0.2) is 5.78 Å². The van der Waals surface area contributed by atoms with Gasteiger partial charge in [0.25, 0.3) is 0 Å². The number of likely N-dealkylation sites (tertiary alicyclic amines) is 1. The second-order valence-electron chi connectivity index (χ2n) is 13.6. The molecule has 0 radical (unpaired) electrons. The van der Waals surface area contributed by atoms with E-state index in [-0.39, 0.29) is 29.4 Å². The Labute approximate surface area is 282 Å². The van der Waals surface area contributed by atoms with Crippen molar-refractivity contribution in [3.63, 3.8) is 0 Å². The number of carbonyl (C=O) groups excluding carboxylic acids is 2. The molecule has 4 nitrogen and oxygen atoms in total. The fourth-order valence-corrected chi connectivity index (χ4v) is 7.73. The molecule has 0 spiro atoms. The number of halogens is 5. The number of alkyl halides is 3. The standard InChI is InChI=1S/C37H49Cl2F3N2O2/c1-4-24(2)22-43-23-28-19-29(37(40,41)42)15-17-32(28)26-10-5-6-12-31(25(3)9-7-11-26)36(46)34(44-18-8-13-35(44)45)20-27-14-16-30(38)21-33(27)39/h14-17,19,21,24-26,31,34,43H,4-13,18,20,22-23H2,1-3H3/t24?,25?,26?,31?,34-/m1/s1. The van der Waals surface area contributed by atoms with Gasteiger partial charge in [-0.1, -0.05) is 81.8 Å². The average Bonchev–Trinajstić information content (AvgIpc) is 3.44. The van der Waals surface area contributed by atoms with E-state index in [9.17, 15) is 22.8 Å². The lowest BCUT2D eigenvalue weighted by atomic mass is 9.76. The van der Waals surface area contributed by atoms with Gasteiger partial charge in [0.05, 0.1) is 11.6 Å². The summed E-state index contributed by atoms with van der Waals surface area (Å²) >= 11 is 12.6. The molecule has 1 amide bonds. The largest absolute Gasteiger partial charge is 0.416 e. The lowest BCUT2D eigenvalue weighted by Gasteiger charge is -2.33. The Morgan fingerprint density at radius 2 is 1.74 bits per heavy atom. The van der Waals surface area contributed by atoms with Crippen LogP contribution in [-0.4, -0.2) is 35.7 Å². The van der Waals surface area contributed by atoms with E-state index in [0.29, 0.717) is 41.9 Å². The molecule has 0 aromatic heterocycles. The van der Waals surface area contributed by atoms with E-state index >= 15 is 0 Å². The third kappa shape index (κ3) is 9.73. The fourth-order valence-electron chi connectivity index (χ4n) is 7.24. The zero-order chi connectivity index (χ0) is 33.4. The second kappa shape index (κ2) is 16.8. The van der Waals surface area contributed by atoms with Crippen molar-refractivity contribution in [1.29, 1.82) is 0 Å². The Hall–Kier alpha value is -2.09. The summed E-state index contributed by atoms with van der Waals surface area (Å²) < 4.78 is 41.0. The van der Waals surface area contributed by atoms with Gasteiger partial charge in [-0.3, -0.25) is 9.59 Å². The smallest absolute Gasteiger partial charge is 0.332 e. The zero-order valence-electron chi connectivity index (χ0n) is 27.4. The highest BCUT2D eigenvalue weighted by molar-refractivity contribution is 6.35. The number of hydrogen-bond acceptors (Lipinski definition) is 3. The molecule has 4 unspecified atom stereocenters. The van der Waals surface area contributed by atoms with Crippen LogP contribution >= 0.6 is 23.2 Å². The number of hydrogen-bond donors (Lipinski definition) is 1. The van der Waals surface area contributed by atoms with Crippen LogP contribution in [0.15, 0.2) is 36.4 Å². The Bertz CT molecular complexity index is 1330. The quantitative estimate of drug-likeness (QED) is 0.257. The van der Waals surface area contributed by atoms with Gasteiger partial charge >= 0.3 is 6.18 Å². The molecule has 1 aliphatic carbocycles. The minimum absolute atomic E-state index is 0.0183. The SMILES string of the molecule is CCC(C)CNCc1cc(C(F)(F)F)ccc1C1CCCCC(C(=O)[C@@H](Cc2ccc(Cl)cc2Cl)N2CCCC2=O)C(C)CCC1. The van der Waals surface area contributed by atoms with Gasteiger partial charge in [0.2, 0.25) is 5.91 Å². The number of rotatable bonds is 11. The molecule has 2 aromatic carbocycles. The third-order valence-corrected chi connectivity index (χ3v) is 10.8. The number of amides is 1. The van der Waals surface area contributed by atoms with Gasteiger partial charge in [-0.05, 0) is 97.4 Å². The maximum Gasteiger partial charge on any atom is 0.416 e. The first-order valence-electron chi connectivity index (χ1n) is 17.1. The van der Waals surface area contributed by atoms with Crippen LogP contribution in [-0.2, 0) is 28.7 Å². The van der Waals surface area contributed by atoms with Gasteiger partial charge in [-0.15, -0.1) is 0 Å². The van der Waals surface area contributed by atoms with Crippen LogP contribution in [0.25, 0.3) is 0 Å². The molecule has 46 heavy (non-hydrogen) atoms. The first kappa shape index (κ1) is 36.7. The molecule has 1 saturated carbocycles. The predicted molar refractivity (Wildman–Crippen MR) is 180 cm³/mol. The summed E-state index contributed by atoms with van der Waals surface area (Å²) in [7, 11) is 0. The van der Waals surface area contributed by atoms with E-state index in [2.05, 4.69) is 26.1 Å². The lowest BCUT2D eigenvalue weighted by molar-refractivity contribution is -0.139. The number of nitrogens with zero attached hydrogens (tertiary/aromatic N) is 1. The van der Waals surface area contributed by atoms with Gasteiger partial charge in [-0.25, -0.2) is 0 Å². The molecule has 2 aliphatic rings. The molecule has 1 aliphatic heterocycles. The summed E-state index contributed by atoms with van der Waals surface area (Å²) in [5.74, 6) is 0.701. The van der Waals surface area contributed by atoms with Crippen LogP contribution in [0.5, 0.6) is 0 Å². The Morgan fingerprint density at radius 1 is 1.00 bits per heavy atom. The van der Waals surface area contributed by atoms with Gasteiger partial charge < -0.3 is 10.2 Å². The van der Waals surface area contributed by atoms with Gasteiger partial charge in [-0.2, -0.15) is 13.2 Å². The predicted octanol–water partition coefficient (Wildman–Crippen LogP) is 10.0. The van der Waals surface area contributed by atoms with Crippen LogP contribution in [0.2, 0.25) is 10.0 Å². The minimum atomic E-state index is -4.38. The molecule has 254 valence electrons. The summed E-state index contributed by atoms with van der Waals surface area (Å²) in [4.78, 5) is 29.0. The molecular formula is C37H49Cl2F3N2O2. The van der Waals surface area contributed by atoms with Crippen molar-refractivity contribution < 1.29 is 22.8 Å². The Morgan fingerprint density at radius 3 is 2.41 bits per heavy atom. The molecule has 2 fully saturated rings. The van der Waals surface area contributed by atoms with Gasteiger partial charge in [0.1, 0.15) is 0 Å². The van der Waals surface area contributed by atoms with Crippen LogP contribution in [0.1, 0.15) is 113 Å². The maximum atomic E-state index is 14.3. The Kier molecular flexibility index (Phi) is 13.4. The maximum absolute atomic E-state index is 14.3. The van der Waals surface area contributed by atoms with Crippen molar-refractivity contribution in [2.75, 3.05) is 13.1 Å². The van der Waals surface area contributed by atoms with E-state index in [1.54, 1.807) is 23.1 Å². The molecule has 9 heteroatoms. The highest BCUT2D eigenvalue weighted by Crippen LogP contribution is 2.38. The van der Waals surface area contributed by atoms with Gasteiger partial charge in [0, 0.05) is 41.9 Å². The molecule has 1 heterocycles. The van der Waals surface area contributed by atoms with E-state index in [1.165, 1.54) is 12.1 Å². The van der Waals surface area contributed by atoms with E-state index in [0.717, 1.165) is 81.0 Å². The number of ketones is 1. The van der Waals surface area contributed by atoms with Crippen LogP contribution in [0.3, 0.4) is 0 Å². The lowest BCUT2D eigenvalue weighted by Crippen LogP contribution is -2.47.